The number of benzene rings is 1. The Morgan fingerprint density at radius 1 is 1.24 bits per heavy atom. The van der Waals surface area contributed by atoms with Crippen molar-refractivity contribution < 1.29 is 14.3 Å². The van der Waals surface area contributed by atoms with Crippen LogP contribution in [0.1, 0.15) is 55.5 Å². The van der Waals surface area contributed by atoms with Gasteiger partial charge in [-0.05, 0) is 51.2 Å². The summed E-state index contributed by atoms with van der Waals surface area (Å²) in [6, 6.07) is 7.54. The number of hydrazine groups is 1. The van der Waals surface area contributed by atoms with Crippen molar-refractivity contribution in [3.63, 3.8) is 0 Å². The van der Waals surface area contributed by atoms with E-state index in [2.05, 4.69) is 5.43 Å². The van der Waals surface area contributed by atoms with Crippen LogP contribution in [-0.2, 0) is 4.74 Å². The fraction of sp³-hybridized carbons (Fsp3) is 0.500. The van der Waals surface area contributed by atoms with Gasteiger partial charge in [-0.1, -0.05) is 18.2 Å². The van der Waals surface area contributed by atoms with Gasteiger partial charge in [-0.3, -0.25) is 9.80 Å². The lowest BCUT2D eigenvalue weighted by atomic mass is 10.0. The van der Waals surface area contributed by atoms with Crippen molar-refractivity contribution in [1.29, 1.82) is 0 Å². The van der Waals surface area contributed by atoms with Crippen LogP contribution in [0.15, 0.2) is 24.3 Å². The molecule has 1 aliphatic rings. The minimum Gasteiger partial charge on any atom is -0.443 e. The maximum absolute atomic E-state index is 12.5. The Morgan fingerprint density at radius 3 is 2.43 bits per heavy atom. The first-order valence-corrected chi connectivity index (χ1v) is 7.14. The van der Waals surface area contributed by atoms with Gasteiger partial charge in [0, 0.05) is 12.6 Å². The van der Waals surface area contributed by atoms with E-state index in [0.29, 0.717) is 11.5 Å². The lowest BCUT2D eigenvalue weighted by Gasteiger charge is -2.24. The summed E-state index contributed by atoms with van der Waals surface area (Å²) in [5, 5.41) is 1.18. The molecule has 21 heavy (non-hydrogen) atoms. The molecule has 1 aromatic carbocycles. The summed E-state index contributed by atoms with van der Waals surface area (Å²) in [7, 11) is 1.52. The Hall–Kier alpha value is -2.04. The lowest BCUT2D eigenvalue weighted by Crippen LogP contribution is -2.45. The van der Waals surface area contributed by atoms with Crippen molar-refractivity contribution in [2.75, 3.05) is 7.05 Å². The topological polar surface area (TPSA) is 58.6 Å². The van der Waals surface area contributed by atoms with Gasteiger partial charge in [-0.15, -0.1) is 0 Å². The highest BCUT2D eigenvalue weighted by atomic mass is 16.6. The maximum atomic E-state index is 12.5. The summed E-state index contributed by atoms with van der Waals surface area (Å²) >= 11 is 0. The Bertz CT molecular complexity index is 545. The van der Waals surface area contributed by atoms with Gasteiger partial charge in [0.05, 0.1) is 0 Å². The average molecular weight is 290 g/mol. The molecule has 1 aromatic rings. The second kappa shape index (κ2) is 5.76. The molecule has 114 valence electrons. The molecule has 0 bridgehead atoms. The first-order valence-electron chi connectivity index (χ1n) is 7.14. The molecule has 0 atom stereocenters. The highest BCUT2D eigenvalue weighted by Crippen LogP contribution is 2.41. The third-order valence-corrected chi connectivity index (χ3v) is 3.17. The molecule has 0 radical (unpaired) electrons. The van der Waals surface area contributed by atoms with E-state index in [1.165, 1.54) is 12.1 Å². The molecule has 5 heteroatoms. The van der Waals surface area contributed by atoms with Crippen LogP contribution in [0.25, 0.3) is 0 Å². The van der Waals surface area contributed by atoms with Crippen LogP contribution in [0.4, 0.5) is 4.79 Å². The predicted octanol–water partition coefficient (Wildman–Crippen LogP) is 3.08. The molecule has 0 aliphatic heterocycles. The molecule has 1 fully saturated rings. The Morgan fingerprint density at radius 2 is 1.86 bits per heavy atom. The highest BCUT2D eigenvalue weighted by molar-refractivity contribution is 5.96. The zero-order chi connectivity index (χ0) is 15.6. The third kappa shape index (κ3) is 4.21. The molecule has 0 aromatic heterocycles. The van der Waals surface area contributed by atoms with Crippen molar-refractivity contribution in [3.05, 3.63) is 35.4 Å². The van der Waals surface area contributed by atoms with Crippen LogP contribution in [0.5, 0.6) is 0 Å². The summed E-state index contributed by atoms with van der Waals surface area (Å²) in [6.45, 7) is 5.32. The minimum atomic E-state index is -0.637. The summed E-state index contributed by atoms with van der Waals surface area (Å²) in [6.07, 6.45) is 1.60. The number of hydrogen-bond acceptors (Lipinski definition) is 3. The SMILES string of the molecule is CN(NC(=O)OC(C)(C)C)C(=O)c1ccccc1C1CC1. The quantitative estimate of drug-likeness (QED) is 0.852. The molecular weight excluding hydrogens is 268 g/mol. The summed E-state index contributed by atoms with van der Waals surface area (Å²) in [5.41, 5.74) is 3.54. The van der Waals surface area contributed by atoms with Crippen LogP contribution < -0.4 is 5.43 Å². The molecule has 0 heterocycles. The number of carbonyl (C=O) groups is 2. The zero-order valence-electron chi connectivity index (χ0n) is 13.0. The largest absolute Gasteiger partial charge is 0.443 e. The van der Waals surface area contributed by atoms with Crippen LogP contribution in [0, 0.1) is 0 Å². The third-order valence-electron chi connectivity index (χ3n) is 3.17. The van der Waals surface area contributed by atoms with Crippen LogP contribution >= 0.6 is 0 Å². The van der Waals surface area contributed by atoms with Crippen LogP contribution in [-0.4, -0.2) is 29.7 Å². The number of ether oxygens (including phenoxy) is 1. The first-order chi connectivity index (χ1) is 9.78. The molecule has 0 spiro atoms. The fourth-order valence-corrected chi connectivity index (χ4v) is 2.11. The van der Waals surface area contributed by atoms with E-state index in [9.17, 15) is 9.59 Å². The Kier molecular flexibility index (Phi) is 4.21. The van der Waals surface area contributed by atoms with Gasteiger partial charge < -0.3 is 4.74 Å². The summed E-state index contributed by atoms with van der Waals surface area (Å²) in [5.74, 6) is 0.239. The van der Waals surface area contributed by atoms with E-state index in [1.807, 2.05) is 18.2 Å². The lowest BCUT2D eigenvalue weighted by molar-refractivity contribution is 0.0334. The maximum Gasteiger partial charge on any atom is 0.426 e. The van der Waals surface area contributed by atoms with E-state index in [0.717, 1.165) is 18.4 Å². The van der Waals surface area contributed by atoms with Gasteiger partial charge in [0.15, 0.2) is 0 Å². The molecule has 0 unspecified atom stereocenters. The van der Waals surface area contributed by atoms with Gasteiger partial charge in [0.25, 0.3) is 5.91 Å². The molecular formula is C16H22N2O3. The predicted molar refractivity (Wildman–Crippen MR) is 79.9 cm³/mol. The Labute approximate surface area is 125 Å². The van der Waals surface area contributed by atoms with Gasteiger partial charge in [-0.2, -0.15) is 0 Å². The van der Waals surface area contributed by atoms with Crippen molar-refractivity contribution in [1.82, 2.24) is 10.4 Å². The monoisotopic (exact) mass is 290 g/mol. The summed E-state index contributed by atoms with van der Waals surface area (Å²) in [4.78, 5) is 24.2. The fourth-order valence-electron chi connectivity index (χ4n) is 2.11. The molecule has 2 amide bonds. The van der Waals surface area contributed by atoms with E-state index < -0.39 is 11.7 Å². The number of rotatable bonds is 2. The van der Waals surface area contributed by atoms with Crippen LogP contribution in [0.2, 0.25) is 0 Å². The second-order valence-electron chi connectivity index (χ2n) is 6.34. The van der Waals surface area contributed by atoms with E-state index in [4.69, 9.17) is 4.74 Å². The summed E-state index contributed by atoms with van der Waals surface area (Å²) < 4.78 is 5.14. The van der Waals surface area contributed by atoms with Crippen LogP contribution in [0.3, 0.4) is 0 Å². The minimum absolute atomic E-state index is 0.233. The standard InChI is InChI=1S/C16H22N2O3/c1-16(2,3)21-15(20)17-18(4)14(19)13-8-6-5-7-12(13)11-9-10-11/h5-8,11H,9-10H2,1-4H3,(H,17,20). The normalized spacial score (nSPS) is 14.5. The second-order valence-corrected chi connectivity index (χ2v) is 6.34. The van der Waals surface area contributed by atoms with Crippen molar-refractivity contribution >= 4 is 12.0 Å². The van der Waals surface area contributed by atoms with Gasteiger partial charge in [0.1, 0.15) is 5.60 Å². The van der Waals surface area contributed by atoms with Gasteiger partial charge in [-0.25, -0.2) is 10.2 Å². The molecule has 5 nitrogen and oxygen atoms in total. The number of carbonyl (C=O) groups excluding carboxylic acids is 2. The van der Waals surface area contributed by atoms with Gasteiger partial charge in [0.2, 0.25) is 0 Å². The van der Waals surface area contributed by atoms with Gasteiger partial charge >= 0.3 is 6.09 Å². The van der Waals surface area contributed by atoms with Crippen molar-refractivity contribution in [2.45, 2.75) is 45.1 Å². The molecule has 1 saturated carbocycles. The zero-order valence-corrected chi connectivity index (χ0v) is 13.0. The molecule has 1 aliphatic carbocycles. The van der Waals surface area contributed by atoms with E-state index in [-0.39, 0.29) is 5.91 Å². The van der Waals surface area contributed by atoms with Crippen molar-refractivity contribution in [2.24, 2.45) is 0 Å². The smallest absolute Gasteiger partial charge is 0.426 e. The molecule has 2 rings (SSSR count). The highest BCUT2D eigenvalue weighted by Gasteiger charge is 2.29. The average Bonchev–Trinajstić information content (AvgIpc) is 3.19. The number of hydrogen-bond donors (Lipinski definition) is 1. The number of nitrogens with one attached hydrogen (secondary N) is 1. The van der Waals surface area contributed by atoms with Crippen molar-refractivity contribution in [3.8, 4) is 0 Å². The molecule has 0 saturated heterocycles. The number of nitrogens with zero attached hydrogens (tertiary/aromatic N) is 1. The number of amides is 2. The molecule has 1 N–H and O–H groups in total. The van der Waals surface area contributed by atoms with E-state index >= 15 is 0 Å². The Balaban J connectivity index is 2.04. The first kappa shape index (κ1) is 15.4. The van der Waals surface area contributed by atoms with E-state index in [1.54, 1.807) is 26.8 Å².